The molecule has 0 radical (unpaired) electrons. The van der Waals surface area contributed by atoms with E-state index in [0.29, 0.717) is 16.7 Å². The van der Waals surface area contributed by atoms with Gasteiger partial charge in [-0.15, -0.1) is 10.2 Å². The fourth-order valence-electron chi connectivity index (χ4n) is 2.48. The molecule has 14 heavy (non-hydrogen) atoms. The molecule has 1 saturated carbocycles. The number of halogens is 1. The van der Waals surface area contributed by atoms with E-state index < -0.39 is 0 Å². The first-order valence-corrected chi connectivity index (χ1v) is 5.47. The van der Waals surface area contributed by atoms with Gasteiger partial charge >= 0.3 is 0 Å². The van der Waals surface area contributed by atoms with Gasteiger partial charge in [0.05, 0.1) is 0 Å². The molecule has 1 fully saturated rings. The SMILES string of the molecule is Cc1nnc(Cl)n1C1CCCC1(C)C. The molecule has 0 amide bonds. The second kappa shape index (κ2) is 3.23. The first-order chi connectivity index (χ1) is 6.52. The van der Waals surface area contributed by atoms with Crippen LogP contribution >= 0.6 is 11.6 Å². The molecule has 3 nitrogen and oxygen atoms in total. The van der Waals surface area contributed by atoms with Crippen molar-refractivity contribution in [2.75, 3.05) is 0 Å². The van der Waals surface area contributed by atoms with Crippen molar-refractivity contribution >= 4 is 11.6 Å². The Bertz CT molecular complexity index is 324. The summed E-state index contributed by atoms with van der Waals surface area (Å²) in [6, 6.07) is 0.463. The molecule has 1 aliphatic carbocycles. The maximum Gasteiger partial charge on any atom is 0.225 e. The Labute approximate surface area is 89.5 Å². The summed E-state index contributed by atoms with van der Waals surface area (Å²) >= 11 is 6.04. The van der Waals surface area contributed by atoms with Gasteiger partial charge in [0.25, 0.3) is 0 Å². The van der Waals surface area contributed by atoms with Crippen LogP contribution in [-0.2, 0) is 0 Å². The minimum absolute atomic E-state index is 0.316. The lowest BCUT2D eigenvalue weighted by molar-refractivity contribution is 0.257. The van der Waals surface area contributed by atoms with Crippen LogP contribution < -0.4 is 0 Å². The zero-order valence-electron chi connectivity index (χ0n) is 8.92. The van der Waals surface area contributed by atoms with Gasteiger partial charge in [-0.1, -0.05) is 20.3 Å². The van der Waals surface area contributed by atoms with E-state index in [9.17, 15) is 0 Å². The van der Waals surface area contributed by atoms with Crippen LogP contribution in [0.5, 0.6) is 0 Å². The second-order valence-corrected chi connectivity index (χ2v) is 5.12. The number of rotatable bonds is 1. The third-order valence-corrected chi connectivity index (χ3v) is 3.59. The van der Waals surface area contributed by atoms with Crippen molar-refractivity contribution in [3.63, 3.8) is 0 Å². The smallest absolute Gasteiger partial charge is 0.225 e. The molecule has 0 N–H and O–H groups in total. The first kappa shape index (κ1) is 9.97. The highest BCUT2D eigenvalue weighted by atomic mass is 35.5. The fraction of sp³-hybridized carbons (Fsp3) is 0.800. The van der Waals surface area contributed by atoms with Gasteiger partial charge in [0, 0.05) is 6.04 Å². The van der Waals surface area contributed by atoms with Crippen molar-refractivity contribution in [3.05, 3.63) is 11.1 Å². The summed E-state index contributed by atoms with van der Waals surface area (Å²) in [6.07, 6.45) is 3.71. The van der Waals surface area contributed by atoms with Crippen LogP contribution in [0.1, 0.15) is 45.0 Å². The zero-order chi connectivity index (χ0) is 10.3. The Balaban J connectivity index is 2.40. The molecule has 0 bridgehead atoms. The van der Waals surface area contributed by atoms with Crippen molar-refractivity contribution in [1.82, 2.24) is 14.8 Å². The third kappa shape index (κ3) is 1.44. The normalized spacial score (nSPS) is 25.6. The standard InChI is InChI=1S/C10H16ClN3/c1-7-12-13-9(11)14(7)8-5-4-6-10(8,2)3/h8H,4-6H2,1-3H3. The van der Waals surface area contributed by atoms with Gasteiger partial charge < -0.3 is 0 Å². The lowest BCUT2D eigenvalue weighted by atomic mass is 9.87. The summed E-state index contributed by atoms with van der Waals surface area (Å²) in [7, 11) is 0. The first-order valence-electron chi connectivity index (χ1n) is 5.09. The molecule has 1 aromatic heterocycles. The van der Waals surface area contributed by atoms with Crippen LogP contribution in [0, 0.1) is 12.3 Å². The molecule has 2 rings (SSSR count). The summed E-state index contributed by atoms with van der Waals surface area (Å²) in [5.41, 5.74) is 0.316. The van der Waals surface area contributed by atoms with Crippen molar-refractivity contribution in [2.24, 2.45) is 5.41 Å². The van der Waals surface area contributed by atoms with Gasteiger partial charge in [-0.3, -0.25) is 4.57 Å². The molecular weight excluding hydrogens is 198 g/mol. The van der Waals surface area contributed by atoms with Gasteiger partial charge in [0.1, 0.15) is 5.82 Å². The average Bonchev–Trinajstić information content (AvgIpc) is 2.57. The van der Waals surface area contributed by atoms with Gasteiger partial charge in [-0.2, -0.15) is 0 Å². The van der Waals surface area contributed by atoms with E-state index in [0.717, 1.165) is 5.82 Å². The molecule has 1 aromatic rings. The highest BCUT2D eigenvalue weighted by Gasteiger charge is 2.37. The summed E-state index contributed by atoms with van der Waals surface area (Å²) < 4.78 is 2.08. The van der Waals surface area contributed by atoms with Crippen LogP contribution in [0.4, 0.5) is 0 Å². The molecule has 0 aliphatic heterocycles. The number of aryl methyl sites for hydroxylation is 1. The molecule has 1 heterocycles. The summed E-state index contributed by atoms with van der Waals surface area (Å²) in [4.78, 5) is 0. The fourth-order valence-corrected chi connectivity index (χ4v) is 2.76. The number of hydrogen-bond acceptors (Lipinski definition) is 2. The highest BCUT2D eigenvalue weighted by molar-refractivity contribution is 6.28. The Hall–Kier alpha value is -0.570. The summed E-state index contributed by atoms with van der Waals surface area (Å²) in [6.45, 7) is 6.55. The van der Waals surface area contributed by atoms with Gasteiger partial charge in [0.2, 0.25) is 5.28 Å². The molecular formula is C10H16ClN3. The van der Waals surface area contributed by atoms with Crippen molar-refractivity contribution in [2.45, 2.75) is 46.1 Å². The van der Waals surface area contributed by atoms with Gasteiger partial charge in [-0.25, -0.2) is 0 Å². The largest absolute Gasteiger partial charge is 0.298 e. The Morgan fingerprint density at radius 1 is 1.43 bits per heavy atom. The summed E-state index contributed by atoms with van der Waals surface area (Å²) in [5.74, 6) is 0.926. The van der Waals surface area contributed by atoms with Crippen LogP contribution in [-0.4, -0.2) is 14.8 Å². The van der Waals surface area contributed by atoms with E-state index in [-0.39, 0.29) is 0 Å². The molecule has 1 atom stereocenters. The molecule has 0 aromatic carbocycles. The lowest BCUT2D eigenvalue weighted by Gasteiger charge is -2.28. The quantitative estimate of drug-likeness (QED) is 0.718. The number of nitrogens with zero attached hydrogens (tertiary/aromatic N) is 3. The van der Waals surface area contributed by atoms with Crippen molar-refractivity contribution < 1.29 is 0 Å². The van der Waals surface area contributed by atoms with Crippen LogP contribution in [0.15, 0.2) is 0 Å². The van der Waals surface area contributed by atoms with Crippen LogP contribution in [0.2, 0.25) is 5.28 Å². The molecule has 78 valence electrons. The van der Waals surface area contributed by atoms with E-state index in [1.807, 2.05) is 6.92 Å². The van der Waals surface area contributed by atoms with E-state index in [4.69, 9.17) is 11.6 Å². The van der Waals surface area contributed by atoms with Gasteiger partial charge in [0.15, 0.2) is 0 Å². The molecule has 0 saturated heterocycles. The van der Waals surface area contributed by atoms with E-state index in [1.165, 1.54) is 19.3 Å². The third-order valence-electron chi connectivity index (χ3n) is 3.34. The lowest BCUT2D eigenvalue weighted by Crippen LogP contribution is -2.22. The maximum absolute atomic E-state index is 6.04. The predicted molar refractivity (Wildman–Crippen MR) is 56.4 cm³/mol. The van der Waals surface area contributed by atoms with E-state index >= 15 is 0 Å². The monoisotopic (exact) mass is 213 g/mol. The van der Waals surface area contributed by atoms with E-state index in [1.54, 1.807) is 0 Å². The maximum atomic E-state index is 6.04. The minimum Gasteiger partial charge on any atom is -0.298 e. The highest BCUT2D eigenvalue weighted by Crippen LogP contribution is 2.46. The topological polar surface area (TPSA) is 30.7 Å². The second-order valence-electron chi connectivity index (χ2n) is 4.78. The van der Waals surface area contributed by atoms with Crippen molar-refractivity contribution in [3.8, 4) is 0 Å². The average molecular weight is 214 g/mol. The molecule has 4 heteroatoms. The van der Waals surface area contributed by atoms with Crippen molar-refractivity contribution in [1.29, 1.82) is 0 Å². The van der Waals surface area contributed by atoms with Crippen LogP contribution in [0.3, 0.4) is 0 Å². The molecule has 1 aliphatic rings. The zero-order valence-corrected chi connectivity index (χ0v) is 9.67. The van der Waals surface area contributed by atoms with E-state index in [2.05, 4.69) is 28.6 Å². The predicted octanol–water partition coefficient (Wildman–Crippen LogP) is 2.99. The Morgan fingerprint density at radius 3 is 2.57 bits per heavy atom. The number of aromatic nitrogens is 3. The Morgan fingerprint density at radius 2 is 2.14 bits per heavy atom. The molecule has 1 unspecified atom stereocenters. The summed E-state index contributed by atoms with van der Waals surface area (Å²) in [5, 5.41) is 8.44. The molecule has 0 spiro atoms. The Kier molecular flexibility index (Phi) is 2.30. The van der Waals surface area contributed by atoms with Crippen LogP contribution in [0.25, 0.3) is 0 Å². The number of hydrogen-bond donors (Lipinski definition) is 0. The minimum atomic E-state index is 0.316. The van der Waals surface area contributed by atoms with Gasteiger partial charge in [-0.05, 0) is 36.8 Å².